The number of rotatable bonds is 2. The summed E-state index contributed by atoms with van der Waals surface area (Å²) in [5.74, 6) is -1.00. The Bertz CT molecular complexity index is 584. The van der Waals surface area contributed by atoms with Crippen LogP contribution in [0.5, 0.6) is 0 Å². The van der Waals surface area contributed by atoms with Crippen LogP contribution in [0.1, 0.15) is 10.4 Å². The summed E-state index contributed by atoms with van der Waals surface area (Å²) in [5.41, 5.74) is 1.33. The molecule has 86 valence electrons. The van der Waals surface area contributed by atoms with Crippen molar-refractivity contribution in [2.75, 3.05) is 0 Å². The van der Waals surface area contributed by atoms with E-state index < -0.39 is 5.97 Å². The van der Waals surface area contributed by atoms with Gasteiger partial charge in [-0.15, -0.1) is 0 Å². The van der Waals surface area contributed by atoms with E-state index >= 15 is 0 Å². The van der Waals surface area contributed by atoms with Crippen LogP contribution in [0.15, 0.2) is 36.5 Å². The van der Waals surface area contributed by atoms with Crippen molar-refractivity contribution in [3.63, 3.8) is 0 Å². The van der Waals surface area contributed by atoms with Gasteiger partial charge < -0.3 is 5.11 Å². The molecule has 5 heteroatoms. The fourth-order valence-corrected chi connectivity index (χ4v) is 1.91. The van der Waals surface area contributed by atoms with Crippen LogP contribution in [0, 0.1) is 0 Å². The molecule has 0 spiro atoms. The van der Waals surface area contributed by atoms with Crippen LogP contribution >= 0.6 is 23.2 Å². The lowest BCUT2D eigenvalue weighted by Crippen LogP contribution is -1.97. The van der Waals surface area contributed by atoms with Crippen LogP contribution in [0.2, 0.25) is 10.0 Å². The molecule has 1 aromatic carbocycles. The molecule has 0 atom stereocenters. The van der Waals surface area contributed by atoms with Crippen LogP contribution in [0.3, 0.4) is 0 Å². The average molecular weight is 268 g/mol. The molecule has 17 heavy (non-hydrogen) atoms. The van der Waals surface area contributed by atoms with Crippen LogP contribution < -0.4 is 0 Å². The normalized spacial score (nSPS) is 10.2. The number of aromatic nitrogens is 1. The molecule has 0 amide bonds. The van der Waals surface area contributed by atoms with Crippen molar-refractivity contribution in [1.82, 2.24) is 4.98 Å². The van der Waals surface area contributed by atoms with Crippen molar-refractivity contribution in [2.45, 2.75) is 0 Å². The zero-order chi connectivity index (χ0) is 12.4. The lowest BCUT2D eigenvalue weighted by molar-refractivity contribution is 0.0697. The van der Waals surface area contributed by atoms with E-state index in [-0.39, 0.29) is 5.56 Å². The van der Waals surface area contributed by atoms with E-state index in [4.69, 9.17) is 28.3 Å². The predicted molar refractivity (Wildman–Crippen MR) is 66.7 cm³/mol. The molecule has 0 aliphatic rings. The first kappa shape index (κ1) is 11.9. The number of hydrogen-bond donors (Lipinski definition) is 1. The number of carbonyl (C=O) groups is 1. The maximum Gasteiger partial charge on any atom is 0.335 e. The van der Waals surface area contributed by atoms with Crippen LogP contribution in [0.4, 0.5) is 0 Å². The van der Waals surface area contributed by atoms with Gasteiger partial charge in [0, 0.05) is 16.8 Å². The van der Waals surface area contributed by atoms with Gasteiger partial charge in [-0.3, -0.25) is 4.98 Å². The van der Waals surface area contributed by atoms with Crippen molar-refractivity contribution in [1.29, 1.82) is 0 Å². The lowest BCUT2D eigenvalue weighted by atomic mass is 10.1. The Morgan fingerprint density at radius 3 is 2.59 bits per heavy atom. The van der Waals surface area contributed by atoms with Gasteiger partial charge >= 0.3 is 5.97 Å². The van der Waals surface area contributed by atoms with Crippen molar-refractivity contribution in [2.24, 2.45) is 0 Å². The topological polar surface area (TPSA) is 50.2 Å². The molecular formula is C12H7Cl2NO2. The quantitative estimate of drug-likeness (QED) is 0.902. The van der Waals surface area contributed by atoms with Gasteiger partial charge in [-0.1, -0.05) is 23.2 Å². The molecule has 1 N–H and O–H groups in total. The van der Waals surface area contributed by atoms with Crippen LogP contribution in [0.25, 0.3) is 11.3 Å². The fourth-order valence-electron chi connectivity index (χ4n) is 1.41. The van der Waals surface area contributed by atoms with Gasteiger partial charge in [0.05, 0.1) is 16.3 Å². The summed E-state index contributed by atoms with van der Waals surface area (Å²) in [6.07, 6.45) is 1.43. The molecule has 0 saturated heterocycles. The number of nitrogens with zero attached hydrogens (tertiary/aromatic N) is 1. The van der Waals surface area contributed by atoms with E-state index in [1.54, 1.807) is 18.2 Å². The van der Waals surface area contributed by atoms with Crippen LogP contribution in [-0.4, -0.2) is 16.1 Å². The number of pyridine rings is 1. The maximum atomic E-state index is 10.8. The largest absolute Gasteiger partial charge is 0.478 e. The fraction of sp³-hybridized carbons (Fsp3) is 0. The van der Waals surface area contributed by atoms with Gasteiger partial charge in [0.1, 0.15) is 0 Å². The number of carboxylic acids is 1. The Hall–Kier alpha value is -1.58. The maximum absolute atomic E-state index is 10.8. The summed E-state index contributed by atoms with van der Waals surface area (Å²) in [6, 6.07) is 7.87. The number of aromatic carboxylic acids is 1. The third-order valence-electron chi connectivity index (χ3n) is 2.21. The molecule has 0 aliphatic carbocycles. The zero-order valence-corrected chi connectivity index (χ0v) is 10.0. The summed E-state index contributed by atoms with van der Waals surface area (Å²) in [7, 11) is 0. The minimum Gasteiger partial charge on any atom is -0.478 e. The number of hydrogen-bond acceptors (Lipinski definition) is 2. The molecule has 0 saturated carbocycles. The van der Waals surface area contributed by atoms with E-state index in [0.29, 0.717) is 21.3 Å². The Kier molecular flexibility index (Phi) is 3.31. The van der Waals surface area contributed by atoms with Crippen LogP contribution in [-0.2, 0) is 0 Å². The molecule has 0 fully saturated rings. The smallest absolute Gasteiger partial charge is 0.335 e. The third-order valence-corrected chi connectivity index (χ3v) is 2.76. The second kappa shape index (κ2) is 4.73. The number of benzene rings is 1. The first-order valence-corrected chi connectivity index (χ1v) is 5.48. The molecule has 0 aliphatic heterocycles. The zero-order valence-electron chi connectivity index (χ0n) is 8.52. The van der Waals surface area contributed by atoms with Crippen molar-refractivity contribution in [3.05, 3.63) is 52.1 Å². The minimum atomic E-state index is -1.00. The van der Waals surface area contributed by atoms with E-state index in [2.05, 4.69) is 4.98 Å². The molecule has 1 heterocycles. The van der Waals surface area contributed by atoms with Gasteiger partial charge in [-0.25, -0.2) is 4.79 Å². The average Bonchev–Trinajstić information content (AvgIpc) is 2.29. The summed E-state index contributed by atoms with van der Waals surface area (Å²) >= 11 is 11.8. The van der Waals surface area contributed by atoms with Gasteiger partial charge in [-0.05, 0) is 30.3 Å². The van der Waals surface area contributed by atoms with E-state index in [9.17, 15) is 4.79 Å². The second-order valence-corrected chi connectivity index (χ2v) is 4.20. The Balaban J connectivity index is 2.53. The van der Waals surface area contributed by atoms with Gasteiger partial charge in [-0.2, -0.15) is 0 Å². The van der Waals surface area contributed by atoms with E-state index in [0.717, 1.165) is 0 Å². The molecule has 1 aromatic heterocycles. The third kappa shape index (κ3) is 2.57. The molecule has 3 nitrogen and oxygen atoms in total. The monoisotopic (exact) mass is 267 g/mol. The minimum absolute atomic E-state index is 0.168. The summed E-state index contributed by atoms with van der Waals surface area (Å²) in [4.78, 5) is 14.9. The molecule has 0 bridgehead atoms. The standard InChI is InChI=1S/C12H7Cl2NO2/c13-8-1-2-9(10(14)6-8)11-5-7(12(16)17)3-4-15-11/h1-6H,(H,16,17). The molecular weight excluding hydrogens is 261 g/mol. The highest BCUT2D eigenvalue weighted by Gasteiger charge is 2.09. The highest BCUT2D eigenvalue weighted by molar-refractivity contribution is 6.36. The second-order valence-electron chi connectivity index (χ2n) is 3.36. The number of halogens is 2. The van der Waals surface area contributed by atoms with Crippen molar-refractivity contribution >= 4 is 29.2 Å². The first-order chi connectivity index (χ1) is 8.08. The van der Waals surface area contributed by atoms with E-state index in [1.807, 2.05) is 0 Å². The summed E-state index contributed by atoms with van der Waals surface area (Å²) < 4.78 is 0. The van der Waals surface area contributed by atoms with Gasteiger partial charge in [0.15, 0.2) is 0 Å². The molecule has 0 radical (unpaired) electrons. The molecule has 2 aromatic rings. The van der Waals surface area contributed by atoms with Crippen molar-refractivity contribution in [3.8, 4) is 11.3 Å². The van der Waals surface area contributed by atoms with Gasteiger partial charge in [0.2, 0.25) is 0 Å². The Morgan fingerprint density at radius 1 is 1.18 bits per heavy atom. The molecule has 0 unspecified atom stereocenters. The van der Waals surface area contributed by atoms with Gasteiger partial charge in [0.25, 0.3) is 0 Å². The number of carboxylic acid groups (broad SMARTS) is 1. The van der Waals surface area contributed by atoms with Crippen molar-refractivity contribution < 1.29 is 9.90 Å². The molecule has 2 rings (SSSR count). The first-order valence-electron chi connectivity index (χ1n) is 4.72. The SMILES string of the molecule is O=C(O)c1ccnc(-c2ccc(Cl)cc2Cl)c1. The van der Waals surface area contributed by atoms with E-state index in [1.165, 1.54) is 18.3 Å². The highest BCUT2D eigenvalue weighted by atomic mass is 35.5. The predicted octanol–water partition coefficient (Wildman–Crippen LogP) is 3.75. The Labute approximate surface area is 108 Å². The Morgan fingerprint density at radius 2 is 1.94 bits per heavy atom. The summed E-state index contributed by atoms with van der Waals surface area (Å²) in [6.45, 7) is 0. The lowest BCUT2D eigenvalue weighted by Gasteiger charge is -2.04. The highest BCUT2D eigenvalue weighted by Crippen LogP contribution is 2.29. The summed E-state index contributed by atoms with van der Waals surface area (Å²) in [5, 5.41) is 9.85.